The molecule has 1 heterocycles. The first-order chi connectivity index (χ1) is 14.5. The number of amides is 1. The van der Waals surface area contributed by atoms with Crippen LogP contribution in [-0.4, -0.2) is 60.2 Å². The van der Waals surface area contributed by atoms with E-state index in [9.17, 15) is 9.59 Å². The number of esters is 1. The molecule has 30 heavy (non-hydrogen) atoms. The van der Waals surface area contributed by atoms with Crippen molar-refractivity contribution in [3.8, 4) is 0 Å². The van der Waals surface area contributed by atoms with E-state index in [-0.39, 0.29) is 17.1 Å². The predicted molar refractivity (Wildman–Crippen MR) is 121 cm³/mol. The standard InChI is InChI=1S/C23H27ClN2O3S/c1-17(23(28)29-2)30-21-7-4-3-6-20(21)22(27)26-13-5-12-25(14-15-26)16-18-8-10-19(24)11-9-18/h3-4,6-11,17H,5,12-16H2,1-2H3. The first-order valence-electron chi connectivity index (χ1n) is 10.1. The minimum atomic E-state index is -0.372. The number of thioether (sulfide) groups is 1. The zero-order valence-corrected chi connectivity index (χ0v) is 18.9. The van der Waals surface area contributed by atoms with E-state index in [2.05, 4.69) is 4.90 Å². The lowest BCUT2D eigenvalue weighted by atomic mass is 10.2. The molecule has 1 fully saturated rings. The van der Waals surface area contributed by atoms with E-state index in [1.807, 2.05) is 53.4 Å². The Kier molecular flexibility index (Phi) is 8.19. The van der Waals surface area contributed by atoms with Crippen molar-refractivity contribution in [2.24, 2.45) is 0 Å². The molecule has 0 N–H and O–H groups in total. The molecule has 1 aliphatic heterocycles. The van der Waals surface area contributed by atoms with Crippen molar-refractivity contribution in [2.45, 2.75) is 30.0 Å². The summed E-state index contributed by atoms with van der Waals surface area (Å²) in [5, 5.41) is 0.368. The second kappa shape index (κ2) is 10.8. The highest BCUT2D eigenvalue weighted by molar-refractivity contribution is 8.00. The average molecular weight is 447 g/mol. The number of carbonyl (C=O) groups is 2. The van der Waals surface area contributed by atoms with Gasteiger partial charge in [0.05, 0.1) is 12.7 Å². The molecule has 1 unspecified atom stereocenters. The topological polar surface area (TPSA) is 49.9 Å². The van der Waals surface area contributed by atoms with Gasteiger partial charge in [-0.05, 0) is 43.2 Å². The SMILES string of the molecule is COC(=O)C(C)Sc1ccccc1C(=O)N1CCCN(Cc2ccc(Cl)cc2)CC1. The predicted octanol–water partition coefficient (Wildman–Crippen LogP) is 4.34. The van der Waals surface area contributed by atoms with Crippen LogP contribution >= 0.6 is 23.4 Å². The lowest BCUT2D eigenvalue weighted by molar-refractivity contribution is -0.139. The quantitative estimate of drug-likeness (QED) is 0.488. The number of benzene rings is 2. The second-order valence-electron chi connectivity index (χ2n) is 7.33. The molecular formula is C23H27ClN2O3S. The highest BCUT2D eigenvalue weighted by atomic mass is 35.5. The van der Waals surface area contributed by atoms with Gasteiger partial charge in [0, 0.05) is 42.6 Å². The summed E-state index contributed by atoms with van der Waals surface area (Å²) in [5.41, 5.74) is 1.86. The molecule has 0 aliphatic carbocycles. The third-order valence-electron chi connectivity index (χ3n) is 5.15. The number of methoxy groups -OCH3 is 1. The molecule has 0 spiro atoms. The lowest BCUT2D eigenvalue weighted by Gasteiger charge is -2.23. The van der Waals surface area contributed by atoms with Crippen molar-refractivity contribution in [2.75, 3.05) is 33.3 Å². The fourth-order valence-electron chi connectivity index (χ4n) is 3.50. The van der Waals surface area contributed by atoms with Gasteiger partial charge in [-0.1, -0.05) is 35.9 Å². The zero-order chi connectivity index (χ0) is 21.5. The van der Waals surface area contributed by atoms with Gasteiger partial charge >= 0.3 is 5.97 Å². The van der Waals surface area contributed by atoms with Gasteiger partial charge in [0.2, 0.25) is 0 Å². The van der Waals surface area contributed by atoms with Crippen molar-refractivity contribution in [3.05, 3.63) is 64.7 Å². The molecule has 1 saturated heterocycles. The van der Waals surface area contributed by atoms with Gasteiger partial charge in [-0.25, -0.2) is 0 Å². The van der Waals surface area contributed by atoms with E-state index in [1.54, 1.807) is 6.92 Å². The number of nitrogens with zero attached hydrogens (tertiary/aromatic N) is 2. The Hall–Kier alpha value is -2.02. The second-order valence-corrected chi connectivity index (χ2v) is 9.15. The summed E-state index contributed by atoms with van der Waals surface area (Å²) in [6, 6.07) is 15.4. The van der Waals surface area contributed by atoms with E-state index < -0.39 is 0 Å². The number of ether oxygens (including phenoxy) is 1. The van der Waals surface area contributed by atoms with Gasteiger partial charge in [0.25, 0.3) is 5.91 Å². The maximum absolute atomic E-state index is 13.3. The van der Waals surface area contributed by atoms with Gasteiger partial charge < -0.3 is 9.64 Å². The lowest BCUT2D eigenvalue weighted by Crippen LogP contribution is -2.35. The Morgan fingerprint density at radius 3 is 2.53 bits per heavy atom. The minimum Gasteiger partial charge on any atom is -0.468 e. The van der Waals surface area contributed by atoms with E-state index in [0.29, 0.717) is 12.1 Å². The number of hydrogen-bond donors (Lipinski definition) is 0. The van der Waals surface area contributed by atoms with E-state index >= 15 is 0 Å². The van der Waals surface area contributed by atoms with Crippen molar-refractivity contribution in [1.29, 1.82) is 0 Å². The molecule has 3 rings (SSSR count). The summed E-state index contributed by atoms with van der Waals surface area (Å²) in [6.07, 6.45) is 0.924. The number of halogens is 1. The van der Waals surface area contributed by atoms with Crippen LogP contribution in [0.2, 0.25) is 5.02 Å². The van der Waals surface area contributed by atoms with Crippen molar-refractivity contribution in [3.63, 3.8) is 0 Å². The van der Waals surface area contributed by atoms with Crippen LogP contribution in [0, 0.1) is 0 Å². The Morgan fingerprint density at radius 2 is 1.80 bits per heavy atom. The highest BCUT2D eigenvalue weighted by Crippen LogP contribution is 2.28. The van der Waals surface area contributed by atoms with E-state index in [1.165, 1.54) is 24.4 Å². The fraction of sp³-hybridized carbons (Fsp3) is 0.391. The van der Waals surface area contributed by atoms with Gasteiger partial charge in [-0.2, -0.15) is 0 Å². The Balaban J connectivity index is 1.65. The Morgan fingerprint density at radius 1 is 1.07 bits per heavy atom. The Labute approximate surface area is 187 Å². The summed E-state index contributed by atoms with van der Waals surface area (Å²) in [7, 11) is 1.38. The summed E-state index contributed by atoms with van der Waals surface area (Å²) >= 11 is 7.34. The van der Waals surface area contributed by atoms with Crippen LogP contribution in [0.25, 0.3) is 0 Å². The molecule has 0 bridgehead atoms. The summed E-state index contributed by atoms with van der Waals surface area (Å²) < 4.78 is 4.82. The molecular weight excluding hydrogens is 420 g/mol. The smallest absolute Gasteiger partial charge is 0.318 e. The minimum absolute atomic E-state index is 0.0171. The summed E-state index contributed by atoms with van der Waals surface area (Å²) in [6.45, 7) is 5.81. The molecule has 1 atom stereocenters. The van der Waals surface area contributed by atoms with Crippen LogP contribution in [0.1, 0.15) is 29.3 Å². The van der Waals surface area contributed by atoms with E-state index in [4.69, 9.17) is 16.3 Å². The van der Waals surface area contributed by atoms with Crippen LogP contribution < -0.4 is 0 Å². The van der Waals surface area contributed by atoms with Crippen molar-refractivity contribution in [1.82, 2.24) is 9.80 Å². The van der Waals surface area contributed by atoms with E-state index in [0.717, 1.165) is 42.5 Å². The van der Waals surface area contributed by atoms with Gasteiger partial charge in [0.1, 0.15) is 5.25 Å². The molecule has 2 aromatic rings. The number of hydrogen-bond acceptors (Lipinski definition) is 5. The molecule has 0 saturated carbocycles. The molecule has 2 aromatic carbocycles. The molecule has 1 aliphatic rings. The van der Waals surface area contributed by atoms with Crippen LogP contribution in [0.5, 0.6) is 0 Å². The normalized spacial score (nSPS) is 16.0. The fourth-order valence-corrected chi connectivity index (χ4v) is 4.64. The first-order valence-corrected chi connectivity index (χ1v) is 11.3. The third-order valence-corrected chi connectivity index (χ3v) is 6.56. The number of carbonyl (C=O) groups excluding carboxylic acids is 2. The average Bonchev–Trinajstić information content (AvgIpc) is 3.00. The molecule has 7 heteroatoms. The molecule has 1 amide bonds. The van der Waals surface area contributed by atoms with Crippen LogP contribution in [0.3, 0.4) is 0 Å². The van der Waals surface area contributed by atoms with Gasteiger partial charge in [0.15, 0.2) is 0 Å². The molecule has 5 nitrogen and oxygen atoms in total. The third kappa shape index (κ3) is 6.00. The van der Waals surface area contributed by atoms with Gasteiger partial charge in [-0.3, -0.25) is 14.5 Å². The molecule has 0 aromatic heterocycles. The maximum Gasteiger partial charge on any atom is 0.318 e. The van der Waals surface area contributed by atoms with Crippen LogP contribution in [0.4, 0.5) is 0 Å². The Bertz CT molecular complexity index is 875. The van der Waals surface area contributed by atoms with Crippen molar-refractivity contribution < 1.29 is 14.3 Å². The maximum atomic E-state index is 13.3. The highest BCUT2D eigenvalue weighted by Gasteiger charge is 2.24. The number of rotatable bonds is 6. The van der Waals surface area contributed by atoms with Crippen LogP contribution in [-0.2, 0) is 16.1 Å². The summed E-state index contributed by atoms with van der Waals surface area (Å²) in [5.74, 6) is -0.279. The van der Waals surface area contributed by atoms with Crippen molar-refractivity contribution >= 4 is 35.2 Å². The largest absolute Gasteiger partial charge is 0.468 e. The monoisotopic (exact) mass is 446 g/mol. The zero-order valence-electron chi connectivity index (χ0n) is 17.3. The summed E-state index contributed by atoms with van der Waals surface area (Å²) in [4.78, 5) is 30.2. The first kappa shape index (κ1) is 22.7. The van der Waals surface area contributed by atoms with Crippen LogP contribution in [0.15, 0.2) is 53.4 Å². The molecule has 0 radical (unpaired) electrons. The molecule has 160 valence electrons. The van der Waals surface area contributed by atoms with Gasteiger partial charge in [-0.15, -0.1) is 11.8 Å².